The fourth-order valence-corrected chi connectivity index (χ4v) is 4.40. The SMILES string of the molecule is O=C(Cc1scc(-c2ccc(C(F)(F)F)cc2Cl)c1C(=O)O)c1nc2ccccc2o1. The van der Waals surface area contributed by atoms with Gasteiger partial charge in [0.15, 0.2) is 5.58 Å². The van der Waals surface area contributed by atoms with Crippen LogP contribution in [0.5, 0.6) is 0 Å². The fourth-order valence-electron chi connectivity index (χ4n) is 3.08. The first-order valence-corrected chi connectivity index (χ1v) is 10.0. The molecule has 158 valence electrons. The summed E-state index contributed by atoms with van der Waals surface area (Å²) >= 11 is 7.02. The third-order valence-corrected chi connectivity index (χ3v) is 5.82. The topological polar surface area (TPSA) is 80.4 Å². The molecule has 4 aromatic rings. The zero-order valence-electron chi connectivity index (χ0n) is 15.4. The molecule has 5 nitrogen and oxygen atoms in total. The van der Waals surface area contributed by atoms with Crippen molar-refractivity contribution in [2.24, 2.45) is 0 Å². The van der Waals surface area contributed by atoms with E-state index in [4.69, 9.17) is 16.0 Å². The van der Waals surface area contributed by atoms with Gasteiger partial charge in [-0.25, -0.2) is 9.78 Å². The summed E-state index contributed by atoms with van der Waals surface area (Å²) in [5.74, 6) is -2.00. The Hall–Kier alpha value is -3.17. The number of ketones is 1. The number of para-hydroxylation sites is 2. The highest BCUT2D eigenvalue weighted by molar-refractivity contribution is 7.11. The highest BCUT2D eigenvalue weighted by Crippen LogP contribution is 2.39. The Balaban J connectivity index is 1.69. The molecule has 1 N–H and O–H groups in total. The minimum absolute atomic E-state index is 0.129. The fraction of sp³-hybridized carbons (Fsp3) is 0.0952. The van der Waals surface area contributed by atoms with Gasteiger partial charge in [0, 0.05) is 21.0 Å². The molecule has 0 fully saturated rings. The lowest BCUT2D eigenvalue weighted by molar-refractivity contribution is -0.137. The number of alkyl halides is 3. The quantitative estimate of drug-likeness (QED) is 0.347. The van der Waals surface area contributed by atoms with Crippen LogP contribution < -0.4 is 0 Å². The van der Waals surface area contributed by atoms with Gasteiger partial charge in [-0.3, -0.25) is 4.79 Å². The van der Waals surface area contributed by atoms with Crippen LogP contribution in [-0.2, 0) is 12.6 Å². The number of aromatic carboxylic acids is 1. The highest BCUT2D eigenvalue weighted by Gasteiger charge is 2.32. The number of carboxylic acid groups (broad SMARTS) is 1. The van der Waals surface area contributed by atoms with Crippen LogP contribution in [0, 0.1) is 0 Å². The molecule has 0 spiro atoms. The van der Waals surface area contributed by atoms with Crippen LogP contribution in [0.25, 0.3) is 22.2 Å². The molecule has 0 amide bonds. The number of carbonyl (C=O) groups excluding carboxylic acids is 1. The van der Waals surface area contributed by atoms with E-state index in [2.05, 4.69) is 4.98 Å². The van der Waals surface area contributed by atoms with Gasteiger partial charge in [-0.15, -0.1) is 11.3 Å². The van der Waals surface area contributed by atoms with E-state index in [1.807, 2.05) is 0 Å². The van der Waals surface area contributed by atoms with Gasteiger partial charge in [0.2, 0.25) is 5.78 Å². The predicted molar refractivity (Wildman–Crippen MR) is 109 cm³/mol. The minimum Gasteiger partial charge on any atom is -0.478 e. The molecule has 0 aliphatic rings. The van der Waals surface area contributed by atoms with E-state index >= 15 is 0 Å². The van der Waals surface area contributed by atoms with Crippen molar-refractivity contribution < 1.29 is 32.3 Å². The zero-order valence-corrected chi connectivity index (χ0v) is 16.9. The van der Waals surface area contributed by atoms with Gasteiger partial charge in [-0.1, -0.05) is 29.8 Å². The van der Waals surface area contributed by atoms with Gasteiger partial charge in [0.05, 0.1) is 17.5 Å². The number of carbonyl (C=O) groups is 2. The lowest BCUT2D eigenvalue weighted by atomic mass is 10.00. The number of hydrogen-bond donors (Lipinski definition) is 1. The van der Waals surface area contributed by atoms with Gasteiger partial charge >= 0.3 is 12.1 Å². The maximum absolute atomic E-state index is 12.9. The summed E-state index contributed by atoms with van der Waals surface area (Å²) in [7, 11) is 0. The average Bonchev–Trinajstić information content (AvgIpc) is 3.31. The molecular weight excluding hydrogens is 455 g/mol. The Kier molecular flexibility index (Phi) is 5.32. The molecule has 2 heterocycles. The Morgan fingerprint density at radius 3 is 2.52 bits per heavy atom. The smallest absolute Gasteiger partial charge is 0.416 e. The first kappa shape index (κ1) is 21.1. The summed E-state index contributed by atoms with van der Waals surface area (Å²) in [5, 5.41) is 10.9. The van der Waals surface area contributed by atoms with Gasteiger partial charge in [-0.05, 0) is 29.6 Å². The maximum atomic E-state index is 12.9. The Labute approximate surface area is 181 Å². The van der Waals surface area contributed by atoms with Crippen LogP contribution in [0.2, 0.25) is 5.02 Å². The van der Waals surface area contributed by atoms with Crippen LogP contribution in [-0.4, -0.2) is 21.8 Å². The summed E-state index contributed by atoms with van der Waals surface area (Å²) in [6.07, 6.45) is -4.87. The monoisotopic (exact) mass is 465 g/mol. The van der Waals surface area contributed by atoms with E-state index in [9.17, 15) is 27.9 Å². The van der Waals surface area contributed by atoms with Gasteiger partial charge < -0.3 is 9.52 Å². The first-order valence-electron chi connectivity index (χ1n) is 8.74. The Morgan fingerprint density at radius 2 is 1.87 bits per heavy atom. The molecule has 0 aliphatic heterocycles. The third-order valence-electron chi connectivity index (χ3n) is 4.52. The predicted octanol–water partition coefficient (Wildman–Crippen LogP) is 6.35. The van der Waals surface area contributed by atoms with E-state index in [-0.39, 0.29) is 38.9 Å². The number of fused-ring (bicyclic) bond motifs is 1. The number of hydrogen-bond acceptors (Lipinski definition) is 5. The number of halogens is 4. The highest BCUT2D eigenvalue weighted by atomic mass is 35.5. The number of nitrogens with zero attached hydrogens (tertiary/aromatic N) is 1. The van der Waals surface area contributed by atoms with Crippen molar-refractivity contribution >= 4 is 45.8 Å². The summed E-state index contributed by atoms with van der Waals surface area (Å²) in [4.78, 5) is 28.9. The standard InChI is InChI=1S/C21H11ClF3NO4S/c22-13-7-10(21(23,24)25)5-6-11(13)12-9-31-17(18(12)20(28)29)8-15(27)19-26-14-3-1-2-4-16(14)30-19/h1-7,9H,8H2,(H,28,29). The molecule has 0 radical (unpaired) electrons. The normalized spacial score (nSPS) is 11.7. The summed E-state index contributed by atoms with van der Waals surface area (Å²) < 4.78 is 44.1. The van der Waals surface area contributed by atoms with Crippen molar-refractivity contribution in [2.45, 2.75) is 12.6 Å². The lowest BCUT2D eigenvalue weighted by Gasteiger charge is -2.10. The number of oxazole rings is 1. The number of rotatable bonds is 5. The molecule has 31 heavy (non-hydrogen) atoms. The average molecular weight is 466 g/mol. The van der Waals surface area contributed by atoms with E-state index < -0.39 is 23.5 Å². The molecule has 10 heteroatoms. The van der Waals surface area contributed by atoms with Gasteiger partial charge in [0.1, 0.15) is 5.52 Å². The van der Waals surface area contributed by atoms with Gasteiger partial charge in [0.25, 0.3) is 5.89 Å². The molecule has 2 aromatic carbocycles. The Morgan fingerprint density at radius 1 is 1.13 bits per heavy atom. The lowest BCUT2D eigenvalue weighted by Crippen LogP contribution is -2.08. The molecule has 0 saturated carbocycles. The van der Waals surface area contributed by atoms with Crippen molar-refractivity contribution in [3.63, 3.8) is 0 Å². The van der Waals surface area contributed by atoms with Crippen LogP contribution in [0.3, 0.4) is 0 Å². The molecular formula is C21H11ClF3NO4S. The number of thiophene rings is 1. The Bertz CT molecular complexity index is 1290. The summed E-state index contributed by atoms with van der Waals surface area (Å²) in [5.41, 5.74) is 0.0386. The molecule has 0 aliphatic carbocycles. The number of carboxylic acids is 1. The second kappa shape index (κ2) is 7.82. The van der Waals surface area contributed by atoms with E-state index in [0.29, 0.717) is 11.1 Å². The van der Waals surface area contributed by atoms with Gasteiger partial charge in [-0.2, -0.15) is 13.2 Å². The minimum atomic E-state index is -4.58. The second-order valence-electron chi connectivity index (χ2n) is 6.53. The van der Waals surface area contributed by atoms with E-state index in [0.717, 1.165) is 29.5 Å². The van der Waals surface area contributed by atoms with Crippen molar-refractivity contribution in [1.29, 1.82) is 0 Å². The van der Waals surface area contributed by atoms with Crippen molar-refractivity contribution in [2.75, 3.05) is 0 Å². The van der Waals surface area contributed by atoms with Crippen LogP contribution in [0.15, 0.2) is 52.3 Å². The third kappa shape index (κ3) is 4.06. The molecule has 0 atom stereocenters. The van der Waals surface area contributed by atoms with Crippen molar-refractivity contribution in [1.82, 2.24) is 4.98 Å². The molecule has 0 saturated heterocycles. The van der Waals surface area contributed by atoms with Crippen LogP contribution >= 0.6 is 22.9 Å². The first-order chi connectivity index (χ1) is 14.6. The number of Topliss-reactive ketones (excluding diaryl/α,β-unsaturated/α-hetero) is 1. The number of benzene rings is 2. The molecule has 2 aromatic heterocycles. The van der Waals surface area contributed by atoms with Crippen LogP contribution in [0.4, 0.5) is 13.2 Å². The molecule has 0 unspecified atom stereocenters. The number of aromatic nitrogens is 1. The summed E-state index contributed by atoms with van der Waals surface area (Å²) in [6, 6.07) is 9.47. The van der Waals surface area contributed by atoms with E-state index in [1.165, 1.54) is 5.38 Å². The molecule has 4 rings (SSSR count). The molecule has 0 bridgehead atoms. The van der Waals surface area contributed by atoms with E-state index in [1.54, 1.807) is 24.3 Å². The maximum Gasteiger partial charge on any atom is 0.416 e. The largest absolute Gasteiger partial charge is 0.478 e. The summed E-state index contributed by atoms with van der Waals surface area (Å²) in [6.45, 7) is 0. The van der Waals surface area contributed by atoms with Crippen molar-refractivity contribution in [3.05, 3.63) is 74.8 Å². The zero-order chi connectivity index (χ0) is 22.3. The van der Waals surface area contributed by atoms with Crippen molar-refractivity contribution in [3.8, 4) is 11.1 Å². The van der Waals surface area contributed by atoms with Crippen LogP contribution in [0.1, 0.15) is 31.5 Å². The second-order valence-corrected chi connectivity index (χ2v) is 7.90.